The van der Waals surface area contributed by atoms with E-state index in [0.29, 0.717) is 0 Å². The van der Waals surface area contributed by atoms with Crippen LogP contribution in [0.3, 0.4) is 0 Å². The molecule has 0 saturated heterocycles. The Hall–Kier alpha value is -2.08. The van der Waals surface area contributed by atoms with Crippen molar-refractivity contribution in [3.05, 3.63) is 29.8 Å². The number of hydrogen-bond acceptors (Lipinski definition) is 4. The summed E-state index contributed by atoms with van der Waals surface area (Å²) in [5, 5.41) is 14.8. The van der Waals surface area contributed by atoms with E-state index in [2.05, 4.69) is 30.9 Å². The van der Waals surface area contributed by atoms with Gasteiger partial charge in [-0.1, -0.05) is 32.0 Å². The molecule has 1 rings (SSSR count). The van der Waals surface area contributed by atoms with Crippen LogP contribution in [-0.2, 0) is 16.1 Å². The van der Waals surface area contributed by atoms with E-state index in [0.717, 1.165) is 32.0 Å². The molecular formula is C15H23NO5. The summed E-state index contributed by atoms with van der Waals surface area (Å²) < 4.78 is 5.60. The second-order valence-corrected chi connectivity index (χ2v) is 4.11. The molecule has 1 aromatic rings. The summed E-state index contributed by atoms with van der Waals surface area (Å²) in [6, 6.07) is 8.28. The van der Waals surface area contributed by atoms with Crippen LogP contribution in [0, 0.1) is 0 Å². The predicted molar refractivity (Wildman–Crippen MR) is 79.5 cm³/mol. The maximum atomic E-state index is 9.10. The Kier molecular flexibility index (Phi) is 9.62. The molecule has 1 aromatic carbocycles. The van der Waals surface area contributed by atoms with Gasteiger partial charge in [0.2, 0.25) is 0 Å². The number of rotatable bonds is 6. The fraction of sp³-hybridized carbons (Fsp3) is 0.467. The Morgan fingerprint density at radius 2 is 1.57 bits per heavy atom. The standard InChI is InChI=1S/C13H21NO.C2H2O4/c1-4-14(5-2)11-12-9-7-8-10-13(12)15-6-3;3-1(4)2(5)6/h7-10H,4-6,11H2,1-3H3;(H,3,4)(H,5,6). The average molecular weight is 297 g/mol. The minimum atomic E-state index is -1.82. The van der Waals surface area contributed by atoms with E-state index in [1.54, 1.807) is 0 Å². The van der Waals surface area contributed by atoms with Gasteiger partial charge in [0.05, 0.1) is 6.61 Å². The van der Waals surface area contributed by atoms with Crippen LogP contribution in [0.2, 0.25) is 0 Å². The number of carboxylic acid groups (broad SMARTS) is 2. The highest BCUT2D eigenvalue weighted by Crippen LogP contribution is 2.19. The third kappa shape index (κ3) is 7.94. The first-order chi connectivity index (χ1) is 9.96. The molecule has 2 N–H and O–H groups in total. The lowest BCUT2D eigenvalue weighted by Gasteiger charge is -2.19. The van der Waals surface area contributed by atoms with Gasteiger partial charge in [0.1, 0.15) is 5.75 Å². The number of nitrogens with zero attached hydrogens (tertiary/aromatic N) is 1. The topological polar surface area (TPSA) is 87.1 Å². The first-order valence-electron chi connectivity index (χ1n) is 6.85. The van der Waals surface area contributed by atoms with Crippen LogP contribution in [0.4, 0.5) is 0 Å². The number of aliphatic carboxylic acids is 2. The summed E-state index contributed by atoms with van der Waals surface area (Å²) >= 11 is 0. The van der Waals surface area contributed by atoms with Crippen molar-refractivity contribution in [3.63, 3.8) is 0 Å². The maximum absolute atomic E-state index is 9.10. The Balaban J connectivity index is 0.000000567. The normalized spacial score (nSPS) is 9.71. The second-order valence-electron chi connectivity index (χ2n) is 4.11. The van der Waals surface area contributed by atoms with Crippen LogP contribution in [0.1, 0.15) is 26.3 Å². The molecule has 0 amide bonds. The van der Waals surface area contributed by atoms with Crippen molar-refractivity contribution >= 4 is 11.9 Å². The molecular weight excluding hydrogens is 274 g/mol. The Morgan fingerprint density at radius 3 is 2.00 bits per heavy atom. The fourth-order valence-corrected chi connectivity index (χ4v) is 1.62. The van der Waals surface area contributed by atoms with Crippen molar-refractivity contribution < 1.29 is 24.5 Å². The van der Waals surface area contributed by atoms with Gasteiger partial charge >= 0.3 is 11.9 Å². The van der Waals surface area contributed by atoms with Crippen LogP contribution >= 0.6 is 0 Å². The van der Waals surface area contributed by atoms with E-state index in [1.807, 2.05) is 19.1 Å². The molecule has 0 saturated carbocycles. The van der Waals surface area contributed by atoms with E-state index in [4.69, 9.17) is 24.5 Å². The van der Waals surface area contributed by atoms with Gasteiger partial charge in [0, 0.05) is 12.1 Å². The summed E-state index contributed by atoms with van der Waals surface area (Å²) in [6.45, 7) is 10.3. The molecule has 6 nitrogen and oxygen atoms in total. The van der Waals surface area contributed by atoms with E-state index >= 15 is 0 Å². The lowest BCUT2D eigenvalue weighted by atomic mass is 10.2. The number of carboxylic acids is 2. The van der Waals surface area contributed by atoms with E-state index in [-0.39, 0.29) is 0 Å². The van der Waals surface area contributed by atoms with Crippen LogP contribution < -0.4 is 4.74 Å². The Labute approximate surface area is 125 Å². The Bertz CT molecular complexity index is 431. The first kappa shape index (κ1) is 18.9. The fourth-order valence-electron chi connectivity index (χ4n) is 1.62. The number of benzene rings is 1. The van der Waals surface area contributed by atoms with Crippen molar-refractivity contribution in [2.24, 2.45) is 0 Å². The smallest absolute Gasteiger partial charge is 0.414 e. The molecule has 0 unspecified atom stereocenters. The van der Waals surface area contributed by atoms with Gasteiger partial charge in [0.15, 0.2) is 0 Å². The van der Waals surface area contributed by atoms with Gasteiger partial charge in [0.25, 0.3) is 0 Å². The third-order valence-electron chi connectivity index (χ3n) is 2.74. The SMILES string of the molecule is CCOc1ccccc1CN(CC)CC.O=C(O)C(=O)O. The molecule has 0 fully saturated rings. The van der Waals surface area contributed by atoms with Gasteiger partial charge in [-0.2, -0.15) is 0 Å². The molecule has 0 aliphatic carbocycles. The van der Waals surface area contributed by atoms with E-state index < -0.39 is 11.9 Å². The Morgan fingerprint density at radius 1 is 1.05 bits per heavy atom. The highest BCUT2D eigenvalue weighted by molar-refractivity contribution is 6.27. The quantitative estimate of drug-likeness (QED) is 0.782. The molecule has 0 bridgehead atoms. The summed E-state index contributed by atoms with van der Waals surface area (Å²) in [6.07, 6.45) is 0. The van der Waals surface area contributed by atoms with Crippen molar-refractivity contribution in [1.29, 1.82) is 0 Å². The maximum Gasteiger partial charge on any atom is 0.414 e. The molecule has 0 atom stereocenters. The molecule has 6 heteroatoms. The highest BCUT2D eigenvalue weighted by Gasteiger charge is 2.06. The molecule has 21 heavy (non-hydrogen) atoms. The van der Waals surface area contributed by atoms with Gasteiger partial charge in [-0.15, -0.1) is 0 Å². The molecule has 0 aliphatic heterocycles. The van der Waals surface area contributed by atoms with E-state index in [9.17, 15) is 0 Å². The largest absolute Gasteiger partial charge is 0.494 e. The lowest BCUT2D eigenvalue weighted by molar-refractivity contribution is -0.159. The number of hydrogen-bond donors (Lipinski definition) is 2. The summed E-state index contributed by atoms with van der Waals surface area (Å²) in [5.41, 5.74) is 1.28. The summed E-state index contributed by atoms with van der Waals surface area (Å²) in [4.78, 5) is 20.6. The summed E-state index contributed by atoms with van der Waals surface area (Å²) in [5.74, 6) is -2.63. The van der Waals surface area contributed by atoms with Crippen LogP contribution in [-0.4, -0.2) is 46.7 Å². The molecule has 0 heterocycles. The summed E-state index contributed by atoms with van der Waals surface area (Å²) in [7, 11) is 0. The molecule has 0 aromatic heterocycles. The minimum Gasteiger partial charge on any atom is -0.494 e. The van der Waals surface area contributed by atoms with Crippen LogP contribution in [0.15, 0.2) is 24.3 Å². The predicted octanol–water partition coefficient (Wildman–Crippen LogP) is 2.08. The number of para-hydroxylation sites is 1. The third-order valence-corrected chi connectivity index (χ3v) is 2.74. The van der Waals surface area contributed by atoms with Crippen LogP contribution in [0.25, 0.3) is 0 Å². The zero-order valence-corrected chi connectivity index (χ0v) is 12.7. The monoisotopic (exact) mass is 297 g/mol. The average Bonchev–Trinajstić information content (AvgIpc) is 2.47. The van der Waals surface area contributed by atoms with Crippen molar-refractivity contribution in [2.75, 3.05) is 19.7 Å². The van der Waals surface area contributed by atoms with Gasteiger partial charge in [-0.25, -0.2) is 9.59 Å². The molecule has 0 spiro atoms. The lowest BCUT2D eigenvalue weighted by Crippen LogP contribution is -2.22. The van der Waals surface area contributed by atoms with Gasteiger partial charge in [-0.3, -0.25) is 4.90 Å². The molecule has 118 valence electrons. The van der Waals surface area contributed by atoms with Crippen molar-refractivity contribution in [3.8, 4) is 5.75 Å². The van der Waals surface area contributed by atoms with Crippen molar-refractivity contribution in [1.82, 2.24) is 4.90 Å². The number of ether oxygens (including phenoxy) is 1. The van der Waals surface area contributed by atoms with Crippen LogP contribution in [0.5, 0.6) is 5.75 Å². The van der Waals surface area contributed by atoms with E-state index in [1.165, 1.54) is 5.56 Å². The molecule has 0 aliphatic rings. The zero-order valence-electron chi connectivity index (χ0n) is 12.7. The van der Waals surface area contributed by atoms with Gasteiger partial charge < -0.3 is 14.9 Å². The van der Waals surface area contributed by atoms with Gasteiger partial charge in [-0.05, 0) is 26.1 Å². The minimum absolute atomic E-state index is 0.731. The second kappa shape index (κ2) is 10.7. The highest BCUT2D eigenvalue weighted by atomic mass is 16.5. The first-order valence-corrected chi connectivity index (χ1v) is 6.85. The number of carbonyl (C=O) groups is 2. The zero-order chi connectivity index (χ0) is 16.3. The molecule has 0 radical (unpaired) electrons. The van der Waals surface area contributed by atoms with Crippen molar-refractivity contribution in [2.45, 2.75) is 27.3 Å².